The first-order chi connectivity index (χ1) is 8.16. The van der Waals surface area contributed by atoms with E-state index in [0.29, 0.717) is 18.4 Å². The Hall–Kier alpha value is -0.830. The number of hydrogen-bond acceptors (Lipinski definition) is 3. The number of rotatable bonds is 3. The summed E-state index contributed by atoms with van der Waals surface area (Å²) in [5, 5.41) is 0. The normalized spacial score (nSPS) is 35.4. The quantitative estimate of drug-likeness (QED) is 0.557. The van der Waals surface area contributed by atoms with Crippen LogP contribution in [0.15, 0.2) is 12.2 Å². The summed E-state index contributed by atoms with van der Waals surface area (Å²) in [6.45, 7) is 3.20. The molecule has 17 heavy (non-hydrogen) atoms. The summed E-state index contributed by atoms with van der Waals surface area (Å²) < 4.78 is 5.15. The molecule has 0 spiro atoms. The molecule has 0 bridgehead atoms. The van der Waals surface area contributed by atoms with Gasteiger partial charge in [0, 0.05) is 12.0 Å². The van der Waals surface area contributed by atoms with Crippen LogP contribution < -0.4 is 0 Å². The van der Waals surface area contributed by atoms with Crippen molar-refractivity contribution in [2.75, 3.05) is 13.6 Å². The number of cyclic esters (lactones) is 1. The van der Waals surface area contributed by atoms with Gasteiger partial charge in [-0.1, -0.05) is 18.6 Å². The molecule has 3 nitrogen and oxygen atoms in total. The molecule has 0 aromatic heterocycles. The summed E-state index contributed by atoms with van der Waals surface area (Å²) >= 11 is 0. The van der Waals surface area contributed by atoms with Gasteiger partial charge in [-0.25, -0.2) is 0 Å². The van der Waals surface area contributed by atoms with Crippen LogP contribution >= 0.6 is 0 Å². The van der Waals surface area contributed by atoms with E-state index in [1.165, 1.54) is 25.8 Å². The highest BCUT2D eigenvalue weighted by molar-refractivity contribution is 5.72. The molecular weight excluding hydrogens is 214 g/mol. The van der Waals surface area contributed by atoms with Crippen molar-refractivity contribution in [1.29, 1.82) is 0 Å². The first-order valence-corrected chi connectivity index (χ1v) is 6.73. The van der Waals surface area contributed by atoms with Crippen LogP contribution in [0, 0.1) is 5.92 Å². The lowest BCUT2D eigenvalue weighted by molar-refractivity contribution is -0.140. The van der Waals surface area contributed by atoms with Gasteiger partial charge < -0.3 is 4.74 Å². The van der Waals surface area contributed by atoms with Gasteiger partial charge in [0.15, 0.2) is 0 Å². The summed E-state index contributed by atoms with van der Waals surface area (Å²) in [6.07, 6.45) is 10.1. The van der Waals surface area contributed by atoms with Gasteiger partial charge >= 0.3 is 5.97 Å². The van der Waals surface area contributed by atoms with Crippen LogP contribution in [0.25, 0.3) is 0 Å². The lowest BCUT2D eigenvalue weighted by atomic mass is 9.96. The molecule has 0 unspecified atom stereocenters. The van der Waals surface area contributed by atoms with Crippen LogP contribution in [0.1, 0.15) is 39.0 Å². The number of piperidine rings is 1. The molecule has 0 aromatic rings. The van der Waals surface area contributed by atoms with Crippen molar-refractivity contribution >= 4 is 5.97 Å². The third-order valence-corrected chi connectivity index (χ3v) is 4.03. The van der Waals surface area contributed by atoms with E-state index in [1.54, 1.807) is 0 Å². The largest absolute Gasteiger partial charge is 0.462 e. The van der Waals surface area contributed by atoms with Gasteiger partial charge in [-0.05, 0) is 39.8 Å². The van der Waals surface area contributed by atoms with E-state index in [4.69, 9.17) is 4.74 Å². The molecule has 96 valence electrons. The fourth-order valence-corrected chi connectivity index (χ4v) is 2.76. The Morgan fingerprint density at radius 2 is 2.29 bits per heavy atom. The summed E-state index contributed by atoms with van der Waals surface area (Å²) in [6, 6.07) is 0.595. The standard InChI is InChI=1S/C14H23NO2/c1-11-12(10-14(16)17-11)6-5-8-13-7-3-4-9-15(13)2/h5,8,11-13H,3-4,6-7,9-10H2,1-2H3/b8-5+/t11-,12+,13+/m0/s1. The minimum absolute atomic E-state index is 0.0364. The maximum atomic E-state index is 11.1. The predicted octanol–water partition coefficient (Wildman–Crippen LogP) is 2.37. The molecule has 2 aliphatic heterocycles. The molecule has 2 fully saturated rings. The molecule has 0 aromatic carbocycles. The van der Waals surface area contributed by atoms with Crippen LogP contribution in [0.4, 0.5) is 0 Å². The van der Waals surface area contributed by atoms with E-state index in [2.05, 4.69) is 24.1 Å². The molecule has 2 saturated heterocycles. The van der Waals surface area contributed by atoms with E-state index < -0.39 is 0 Å². The van der Waals surface area contributed by atoms with Crippen LogP contribution in [-0.4, -0.2) is 36.6 Å². The molecule has 0 N–H and O–H groups in total. The van der Waals surface area contributed by atoms with Crippen molar-refractivity contribution in [1.82, 2.24) is 4.90 Å². The highest BCUT2D eigenvalue weighted by Crippen LogP contribution is 2.25. The van der Waals surface area contributed by atoms with E-state index in [9.17, 15) is 4.79 Å². The van der Waals surface area contributed by atoms with Crippen LogP contribution in [0.5, 0.6) is 0 Å². The minimum Gasteiger partial charge on any atom is -0.462 e. The van der Waals surface area contributed by atoms with Gasteiger partial charge in [0.05, 0.1) is 6.42 Å². The SMILES string of the molecule is C[C@@H]1OC(=O)C[C@H]1C/C=C/[C@H]1CCCCN1C. The Morgan fingerprint density at radius 1 is 1.47 bits per heavy atom. The third-order valence-electron chi connectivity index (χ3n) is 4.03. The van der Waals surface area contributed by atoms with Crippen molar-refractivity contribution in [2.45, 2.75) is 51.2 Å². The number of carbonyl (C=O) groups excluding carboxylic acids is 1. The van der Waals surface area contributed by atoms with E-state index in [0.717, 1.165) is 6.42 Å². The molecule has 2 heterocycles. The highest BCUT2D eigenvalue weighted by Gasteiger charge is 2.30. The summed E-state index contributed by atoms with van der Waals surface area (Å²) in [5.41, 5.74) is 0. The number of hydrogen-bond donors (Lipinski definition) is 0. The van der Waals surface area contributed by atoms with Crippen LogP contribution in [-0.2, 0) is 9.53 Å². The van der Waals surface area contributed by atoms with Crippen molar-refractivity contribution in [3.05, 3.63) is 12.2 Å². The first kappa shape index (κ1) is 12.6. The van der Waals surface area contributed by atoms with Crippen molar-refractivity contribution in [2.24, 2.45) is 5.92 Å². The zero-order valence-corrected chi connectivity index (χ0v) is 10.9. The molecule has 0 radical (unpaired) electrons. The Bertz CT molecular complexity index is 301. The molecule has 3 atom stereocenters. The van der Waals surface area contributed by atoms with Gasteiger partial charge in [-0.2, -0.15) is 0 Å². The van der Waals surface area contributed by atoms with Gasteiger partial charge in [0.25, 0.3) is 0 Å². The summed E-state index contributed by atoms with van der Waals surface area (Å²) in [7, 11) is 2.19. The maximum absolute atomic E-state index is 11.1. The Morgan fingerprint density at radius 3 is 2.94 bits per heavy atom. The lowest BCUT2D eigenvalue weighted by Gasteiger charge is -2.30. The topological polar surface area (TPSA) is 29.5 Å². The van der Waals surface area contributed by atoms with Crippen LogP contribution in [0.3, 0.4) is 0 Å². The third kappa shape index (κ3) is 3.32. The molecule has 0 saturated carbocycles. The van der Waals surface area contributed by atoms with E-state index in [-0.39, 0.29) is 12.1 Å². The lowest BCUT2D eigenvalue weighted by Crippen LogP contribution is -2.34. The highest BCUT2D eigenvalue weighted by atomic mass is 16.5. The number of carbonyl (C=O) groups is 1. The molecule has 0 amide bonds. The fourth-order valence-electron chi connectivity index (χ4n) is 2.76. The Labute approximate surface area is 104 Å². The number of likely N-dealkylation sites (N-methyl/N-ethyl adjacent to an activating group) is 1. The molecule has 0 aliphatic carbocycles. The number of nitrogens with zero attached hydrogens (tertiary/aromatic N) is 1. The fraction of sp³-hybridized carbons (Fsp3) is 0.786. The first-order valence-electron chi connectivity index (χ1n) is 6.73. The second kappa shape index (κ2) is 5.67. The number of esters is 1. The smallest absolute Gasteiger partial charge is 0.306 e. The zero-order chi connectivity index (χ0) is 12.3. The zero-order valence-electron chi connectivity index (χ0n) is 10.9. The second-order valence-corrected chi connectivity index (χ2v) is 5.37. The van der Waals surface area contributed by atoms with Crippen molar-refractivity contribution in [3.8, 4) is 0 Å². The van der Waals surface area contributed by atoms with E-state index in [1.807, 2.05) is 6.92 Å². The number of ether oxygens (including phenoxy) is 1. The van der Waals surface area contributed by atoms with Gasteiger partial charge in [0.1, 0.15) is 6.10 Å². The summed E-state index contributed by atoms with van der Waals surface area (Å²) in [4.78, 5) is 13.5. The maximum Gasteiger partial charge on any atom is 0.306 e. The second-order valence-electron chi connectivity index (χ2n) is 5.37. The predicted molar refractivity (Wildman–Crippen MR) is 67.7 cm³/mol. The van der Waals surface area contributed by atoms with Gasteiger partial charge in [0.2, 0.25) is 0 Å². The van der Waals surface area contributed by atoms with Gasteiger partial charge in [-0.3, -0.25) is 9.69 Å². The molecular formula is C14H23NO2. The minimum atomic E-state index is -0.0364. The Balaban J connectivity index is 1.79. The monoisotopic (exact) mass is 237 g/mol. The summed E-state index contributed by atoms with van der Waals surface area (Å²) in [5.74, 6) is 0.346. The van der Waals surface area contributed by atoms with Crippen LogP contribution in [0.2, 0.25) is 0 Å². The average molecular weight is 237 g/mol. The average Bonchev–Trinajstić information content (AvgIpc) is 2.60. The number of allylic oxidation sites excluding steroid dienone is 1. The Kier molecular flexibility index (Phi) is 4.21. The van der Waals surface area contributed by atoms with Crippen molar-refractivity contribution < 1.29 is 9.53 Å². The molecule has 3 heteroatoms. The molecule has 2 aliphatic rings. The van der Waals surface area contributed by atoms with E-state index >= 15 is 0 Å². The van der Waals surface area contributed by atoms with Gasteiger partial charge in [-0.15, -0.1) is 0 Å². The molecule has 2 rings (SSSR count). The number of likely N-dealkylation sites (tertiary alicyclic amines) is 1. The van der Waals surface area contributed by atoms with Crippen molar-refractivity contribution in [3.63, 3.8) is 0 Å².